The Bertz CT molecular complexity index is 752. The summed E-state index contributed by atoms with van der Waals surface area (Å²) >= 11 is 13.6. The van der Waals surface area contributed by atoms with Gasteiger partial charge in [0.2, 0.25) is 0 Å². The van der Waals surface area contributed by atoms with E-state index in [1.165, 1.54) is 16.7 Å². The minimum atomic E-state index is -0.175. The highest BCUT2D eigenvalue weighted by molar-refractivity contribution is 7.99. The lowest BCUT2D eigenvalue weighted by atomic mass is 10.2. The minimum absolute atomic E-state index is 0.175. The first-order valence-corrected chi connectivity index (χ1v) is 8.31. The normalized spacial score (nSPS) is 10.5. The van der Waals surface area contributed by atoms with Gasteiger partial charge in [-0.05, 0) is 37.6 Å². The Balaban J connectivity index is 2.24. The van der Waals surface area contributed by atoms with E-state index in [0.29, 0.717) is 15.9 Å². The number of urea groups is 1. The SMILES string of the molecule is Cc1nc(Cl)c(Cl)c(Sc2ccc(NC(=O)N(C)C)cc2C)n1. The summed E-state index contributed by atoms with van der Waals surface area (Å²) < 4.78 is 0. The average Bonchev–Trinajstić information content (AvgIpc) is 2.46. The maximum absolute atomic E-state index is 11.7. The zero-order valence-electron chi connectivity index (χ0n) is 13.1. The van der Waals surface area contributed by atoms with Gasteiger partial charge in [-0.25, -0.2) is 14.8 Å². The van der Waals surface area contributed by atoms with Crippen molar-refractivity contribution in [1.82, 2.24) is 14.9 Å². The van der Waals surface area contributed by atoms with Gasteiger partial charge in [-0.3, -0.25) is 0 Å². The second-order valence-corrected chi connectivity index (χ2v) is 6.85. The molecule has 0 unspecified atom stereocenters. The Labute approximate surface area is 149 Å². The molecule has 0 saturated heterocycles. The topological polar surface area (TPSA) is 58.1 Å². The maximum Gasteiger partial charge on any atom is 0.321 e. The molecule has 1 aromatic heterocycles. The zero-order chi connectivity index (χ0) is 17.1. The number of benzene rings is 1. The largest absolute Gasteiger partial charge is 0.331 e. The Morgan fingerprint density at radius 2 is 1.91 bits per heavy atom. The van der Waals surface area contributed by atoms with E-state index in [1.54, 1.807) is 21.0 Å². The molecule has 5 nitrogen and oxygen atoms in total. The molecule has 0 bridgehead atoms. The van der Waals surface area contributed by atoms with Gasteiger partial charge >= 0.3 is 6.03 Å². The molecule has 0 aliphatic carbocycles. The molecule has 0 aliphatic heterocycles. The summed E-state index contributed by atoms with van der Waals surface area (Å²) in [5.74, 6) is 0.564. The molecule has 122 valence electrons. The van der Waals surface area contributed by atoms with Crippen LogP contribution in [0.15, 0.2) is 28.1 Å². The molecule has 0 fully saturated rings. The van der Waals surface area contributed by atoms with Crippen molar-refractivity contribution in [3.8, 4) is 0 Å². The number of nitrogens with zero attached hydrogens (tertiary/aromatic N) is 3. The highest BCUT2D eigenvalue weighted by Crippen LogP contribution is 2.37. The van der Waals surface area contributed by atoms with Crippen LogP contribution in [0.25, 0.3) is 0 Å². The first-order valence-electron chi connectivity index (χ1n) is 6.74. The lowest BCUT2D eigenvalue weighted by Gasteiger charge is -2.13. The van der Waals surface area contributed by atoms with Crippen LogP contribution in [0.5, 0.6) is 0 Å². The fraction of sp³-hybridized carbons (Fsp3) is 0.267. The summed E-state index contributed by atoms with van der Waals surface area (Å²) in [5, 5.41) is 4.00. The Kier molecular flexibility index (Phi) is 5.73. The summed E-state index contributed by atoms with van der Waals surface area (Å²) in [6.45, 7) is 3.72. The van der Waals surface area contributed by atoms with E-state index in [0.717, 1.165) is 16.1 Å². The quantitative estimate of drug-likeness (QED) is 0.799. The number of rotatable bonds is 3. The number of aromatic nitrogens is 2. The maximum atomic E-state index is 11.7. The Hall–Kier alpha value is -1.50. The van der Waals surface area contributed by atoms with E-state index in [2.05, 4.69) is 15.3 Å². The van der Waals surface area contributed by atoms with Crippen LogP contribution in [0, 0.1) is 13.8 Å². The van der Waals surface area contributed by atoms with Gasteiger partial charge in [-0.1, -0.05) is 35.0 Å². The van der Waals surface area contributed by atoms with Gasteiger partial charge in [0.15, 0.2) is 5.15 Å². The van der Waals surface area contributed by atoms with Gasteiger partial charge in [0.25, 0.3) is 0 Å². The van der Waals surface area contributed by atoms with E-state index >= 15 is 0 Å². The van der Waals surface area contributed by atoms with Crippen LogP contribution in [0.4, 0.5) is 10.5 Å². The van der Waals surface area contributed by atoms with Gasteiger partial charge in [-0.2, -0.15) is 0 Å². The molecule has 1 aromatic carbocycles. The first-order chi connectivity index (χ1) is 10.8. The number of carbonyl (C=O) groups is 1. The van der Waals surface area contributed by atoms with Crippen LogP contribution in [-0.4, -0.2) is 35.0 Å². The predicted molar refractivity (Wildman–Crippen MR) is 94.8 cm³/mol. The third-order valence-electron chi connectivity index (χ3n) is 2.93. The van der Waals surface area contributed by atoms with Crippen LogP contribution >= 0.6 is 35.0 Å². The van der Waals surface area contributed by atoms with Crippen molar-refractivity contribution in [3.63, 3.8) is 0 Å². The van der Waals surface area contributed by atoms with Gasteiger partial charge < -0.3 is 10.2 Å². The van der Waals surface area contributed by atoms with Crippen LogP contribution < -0.4 is 5.32 Å². The highest BCUT2D eigenvalue weighted by Gasteiger charge is 2.13. The fourth-order valence-electron chi connectivity index (χ4n) is 1.75. The number of hydrogen-bond acceptors (Lipinski definition) is 4. The second-order valence-electron chi connectivity index (χ2n) is 5.09. The number of nitrogens with one attached hydrogen (secondary N) is 1. The Morgan fingerprint density at radius 1 is 1.22 bits per heavy atom. The molecule has 23 heavy (non-hydrogen) atoms. The minimum Gasteiger partial charge on any atom is -0.331 e. The zero-order valence-corrected chi connectivity index (χ0v) is 15.5. The van der Waals surface area contributed by atoms with Crippen LogP contribution in [0.2, 0.25) is 10.2 Å². The van der Waals surface area contributed by atoms with Crippen molar-refractivity contribution in [3.05, 3.63) is 39.8 Å². The van der Waals surface area contributed by atoms with Crippen molar-refractivity contribution in [2.24, 2.45) is 0 Å². The first kappa shape index (κ1) is 17.8. The van der Waals surface area contributed by atoms with Crippen molar-refractivity contribution < 1.29 is 4.79 Å². The fourth-order valence-corrected chi connectivity index (χ4v) is 3.15. The van der Waals surface area contributed by atoms with E-state index in [9.17, 15) is 4.79 Å². The molecule has 1 heterocycles. The van der Waals surface area contributed by atoms with E-state index in [1.807, 2.05) is 25.1 Å². The summed E-state index contributed by atoms with van der Waals surface area (Å²) in [6, 6.07) is 5.46. The third-order valence-corrected chi connectivity index (χ3v) is 4.94. The van der Waals surface area contributed by atoms with E-state index in [-0.39, 0.29) is 11.2 Å². The molecule has 0 spiro atoms. The van der Waals surface area contributed by atoms with E-state index in [4.69, 9.17) is 23.2 Å². The van der Waals surface area contributed by atoms with E-state index < -0.39 is 0 Å². The summed E-state index contributed by atoms with van der Waals surface area (Å²) in [6.07, 6.45) is 0. The van der Waals surface area contributed by atoms with Crippen molar-refractivity contribution in [2.45, 2.75) is 23.8 Å². The average molecular weight is 371 g/mol. The lowest BCUT2D eigenvalue weighted by molar-refractivity contribution is 0.230. The van der Waals surface area contributed by atoms with Gasteiger partial charge in [-0.15, -0.1) is 0 Å². The number of amides is 2. The third kappa shape index (κ3) is 4.50. The van der Waals surface area contributed by atoms with Crippen LogP contribution in [-0.2, 0) is 0 Å². The van der Waals surface area contributed by atoms with Gasteiger partial charge in [0.05, 0.1) is 0 Å². The lowest BCUT2D eigenvalue weighted by Crippen LogP contribution is -2.27. The molecule has 1 N–H and O–H groups in total. The van der Waals surface area contributed by atoms with Crippen LogP contribution in [0.3, 0.4) is 0 Å². The molecule has 2 rings (SSSR count). The molecular formula is C15H16Cl2N4OS. The second kappa shape index (κ2) is 7.38. The number of aryl methyl sites for hydroxylation is 2. The highest BCUT2D eigenvalue weighted by atomic mass is 35.5. The van der Waals surface area contributed by atoms with Crippen LogP contribution in [0.1, 0.15) is 11.4 Å². The van der Waals surface area contributed by atoms with Gasteiger partial charge in [0.1, 0.15) is 15.9 Å². The molecule has 8 heteroatoms. The summed E-state index contributed by atoms with van der Waals surface area (Å²) in [7, 11) is 3.38. The smallest absolute Gasteiger partial charge is 0.321 e. The number of halogens is 2. The van der Waals surface area contributed by atoms with Crippen molar-refractivity contribution >= 4 is 46.7 Å². The number of anilines is 1. The number of hydrogen-bond donors (Lipinski definition) is 1. The molecule has 0 atom stereocenters. The van der Waals surface area contributed by atoms with Crippen molar-refractivity contribution in [1.29, 1.82) is 0 Å². The molecule has 2 amide bonds. The predicted octanol–water partition coefficient (Wildman–Crippen LogP) is 4.64. The number of carbonyl (C=O) groups excluding carboxylic acids is 1. The summed E-state index contributed by atoms with van der Waals surface area (Å²) in [5.41, 5.74) is 1.73. The molecular weight excluding hydrogens is 355 g/mol. The summed E-state index contributed by atoms with van der Waals surface area (Å²) in [4.78, 5) is 22.5. The van der Waals surface area contributed by atoms with Gasteiger partial charge in [0, 0.05) is 24.7 Å². The Morgan fingerprint density at radius 3 is 2.52 bits per heavy atom. The molecule has 2 aromatic rings. The molecule has 0 aliphatic rings. The standard InChI is InChI=1S/C15H16Cl2N4OS/c1-8-7-10(20-15(22)21(3)4)5-6-11(8)23-14-12(16)13(17)18-9(2)19-14/h5-7H,1-4H3,(H,20,22). The molecule has 0 radical (unpaired) electrons. The van der Waals surface area contributed by atoms with Crippen molar-refractivity contribution in [2.75, 3.05) is 19.4 Å². The molecule has 0 saturated carbocycles. The monoisotopic (exact) mass is 370 g/mol.